The first-order chi connectivity index (χ1) is 8.60. The molecule has 2 aromatic rings. The van der Waals surface area contributed by atoms with Crippen molar-refractivity contribution < 1.29 is 0 Å². The molecule has 0 atom stereocenters. The summed E-state index contributed by atoms with van der Waals surface area (Å²) < 4.78 is 1.67. The Labute approximate surface area is 126 Å². The van der Waals surface area contributed by atoms with Crippen LogP contribution < -0.4 is 5.32 Å². The topological polar surface area (TPSA) is 48.7 Å². The molecule has 0 aliphatic carbocycles. The summed E-state index contributed by atoms with van der Waals surface area (Å²) in [6.07, 6.45) is 1.64. The molecule has 1 heterocycles. The second kappa shape index (κ2) is 5.70. The minimum atomic E-state index is 0.480. The second-order valence-corrected chi connectivity index (χ2v) is 5.65. The zero-order valence-electron chi connectivity index (χ0n) is 8.92. The summed E-state index contributed by atoms with van der Waals surface area (Å²) >= 11 is 12.7. The fraction of sp³-hybridized carbons (Fsp3) is 0. The van der Waals surface area contributed by atoms with E-state index in [4.69, 9.17) is 16.9 Å². The summed E-state index contributed by atoms with van der Waals surface area (Å²) in [6, 6.07) is 9.18. The van der Waals surface area contributed by atoms with Crippen LogP contribution in [0.4, 0.5) is 11.5 Å². The van der Waals surface area contributed by atoms with E-state index in [0.717, 1.165) is 8.95 Å². The molecule has 0 saturated carbocycles. The number of nitriles is 1. The number of benzene rings is 1. The highest BCUT2D eigenvalue weighted by Crippen LogP contribution is 2.28. The first-order valence-corrected chi connectivity index (χ1v) is 6.84. The molecule has 3 nitrogen and oxygen atoms in total. The van der Waals surface area contributed by atoms with Crippen LogP contribution >= 0.6 is 43.5 Å². The van der Waals surface area contributed by atoms with Gasteiger partial charge in [0.2, 0.25) is 0 Å². The Balaban J connectivity index is 2.40. The molecule has 0 radical (unpaired) electrons. The van der Waals surface area contributed by atoms with Crippen molar-refractivity contribution in [1.82, 2.24) is 4.98 Å². The Morgan fingerprint density at radius 1 is 1.22 bits per heavy atom. The Bertz CT molecular complexity index is 638. The normalized spacial score (nSPS) is 9.89. The van der Waals surface area contributed by atoms with Gasteiger partial charge in [0.05, 0.1) is 16.3 Å². The van der Waals surface area contributed by atoms with Crippen LogP contribution in [0.5, 0.6) is 0 Å². The number of nitrogens with zero attached hydrogens (tertiary/aromatic N) is 2. The molecule has 18 heavy (non-hydrogen) atoms. The fourth-order valence-electron chi connectivity index (χ4n) is 1.35. The minimum absolute atomic E-state index is 0.480. The summed E-state index contributed by atoms with van der Waals surface area (Å²) in [4.78, 5) is 4.16. The first kappa shape index (κ1) is 13.3. The third-order valence-corrected chi connectivity index (χ3v) is 3.38. The van der Waals surface area contributed by atoms with Gasteiger partial charge in [-0.05, 0) is 40.2 Å². The van der Waals surface area contributed by atoms with Crippen molar-refractivity contribution >= 4 is 55.0 Å². The molecule has 0 amide bonds. The van der Waals surface area contributed by atoms with Crippen molar-refractivity contribution in [2.75, 3.05) is 5.32 Å². The zero-order chi connectivity index (χ0) is 13.1. The van der Waals surface area contributed by atoms with Crippen molar-refractivity contribution in [3.8, 4) is 6.07 Å². The highest BCUT2D eigenvalue weighted by atomic mass is 79.9. The van der Waals surface area contributed by atoms with E-state index in [0.29, 0.717) is 22.1 Å². The van der Waals surface area contributed by atoms with Crippen LogP contribution in [0.25, 0.3) is 0 Å². The molecule has 1 N–H and O–H groups in total. The highest BCUT2D eigenvalue weighted by Gasteiger charge is 2.07. The van der Waals surface area contributed by atoms with Crippen molar-refractivity contribution in [1.29, 1.82) is 5.26 Å². The maximum Gasteiger partial charge on any atom is 0.149 e. The maximum atomic E-state index is 9.03. The van der Waals surface area contributed by atoms with E-state index in [1.54, 1.807) is 30.5 Å². The van der Waals surface area contributed by atoms with Crippen LogP contribution in [0.15, 0.2) is 39.4 Å². The van der Waals surface area contributed by atoms with Crippen molar-refractivity contribution in [3.63, 3.8) is 0 Å². The van der Waals surface area contributed by atoms with Gasteiger partial charge in [-0.2, -0.15) is 5.26 Å². The molecule has 0 aliphatic rings. The van der Waals surface area contributed by atoms with Crippen molar-refractivity contribution in [2.45, 2.75) is 0 Å². The number of anilines is 2. The zero-order valence-corrected chi connectivity index (χ0v) is 12.8. The molecule has 90 valence electrons. The smallest absolute Gasteiger partial charge is 0.149 e. The molecule has 0 aliphatic heterocycles. The fourth-order valence-corrected chi connectivity index (χ4v) is 2.39. The average molecular weight is 387 g/mol. The molecule has 0 fully saturated rings. The van der Waals surface area contributed by atoms with Gasteiger partial charge in [-0.25, -0.2) is 4.98 Å². The van der Waals surface area contributed by atoms with E-state index in [-0.39, 0.29) is 0 Å². The maximum absolute atomic E-state index is 9.03. The lowest BCUT2D eigenvalue weighted by molar-refractivity contribution is 1.29. The molecule has 0 bridgehead atoms. The van der Waals surface area contributed by atoms with Crippen LogP contribution in [0.3, 0.4) is 0 Å². The Morgan fingerprint density at radius 2 is 2.00 bits per heavy atom. The Kier molecular flexibility index (Phi) is 4.23. The number of nitrogens with one attached hydrogen (secondary N) is 1. The molecular formula is C12H6Br2ClN3. The lowest BCUT2D eigenvalue weighted by Gasteiger charge is -2.09. The monoisotopic (exact) mass is 385 g/mol. The quantitative estimate of drug-likeness (QED) is 0.799. The number of halogens is 3. The summed E-state index contributed by atoms with van der Waals surface area (Å²) in [5, 5.41) is 12.6. The largest absolute Gasteiger partial charge is 0.338 e. The second-order valence-electron chi connectivity index (χ2n) is 3.41. The molecule has 0 spiro atoms. The van der Waals surface area contributed by atoms with Gasteiger partial charge in [0.25, 0.3) is 0 Å². The van der Waals surface area contributed by atoms with E-state index in [1.807, 2.05) is 0 Å². The van der Waals surface area contributed by atoms with Gasteiger partial charge in [-0.1, -0.05) is 27.5 Å². The van der Waals surface area contributed by atoms with Gasteiger partial charge >= 0.3 is 0 Å². The van der Waals surface area contributed by atoms with Gasteiger partial charge in [0.15, 0.2) is 0 Å². The standard InChI is InChI=1S/C12H6Br2ClN3/c13-8-2-1-7(5-16)11(4-8)18-12-10(15)3-9(14)6-17-12/h1-4,6H,(H,17,18). The number of pyridine rings is 1. The third-order valence-electron chi connectivity index (χ3n) is 2.16. The van der Waals surface area contributed by atoms with Gasteiger partial charge < -0.3 is 5.32 Å². The van der Waals surface area contributed by atoms with Crippen LogP contribution in [0.2, 0.25) is 5.02 Å². The molecule has 2 rings (SSSR count). The summed E-state index contributed by atoms with van der Waals surface area (Å²) in [5.41, 5.74) is 1.18. The predicted octanol–water partition coefficient (Wildman–Crippen LogP) is 4.88. The van der Waals surface area contributed by atoms with Crippen LogP contribution in [0.1, 0.15) is 5.56 Å². The average Bonchev–Trinajstić information content (AvgIpc) is 2.33. The lowest BCUT2D eigenvalue weighted by Crippen LogP contribution is -1.97. The first-order valence-electron chi connectivity index (χ1n) is 4.88. The number of hydrogen-bond donors (Lipinski definition) is 1. The molecule has 0 saturated heterocycles. The minimum Gasteiger partial charge on any atom is -0.338 e. The number of hydrogen-bond acceptors (Lipinski definition) is 3. The Hall–Kier alpha value is -1.09. The van der Waals surface area contributed by atoms with E-state index < -0.39 is 0 Å². The SMILES string of the molecule is N#Cc1ccc(Br)cc1Nc1ncc(Br)cc1Cl. The van der Waals surface area contributed by atoms with Crippen LogP contribution in [0, 0.1) is 11.3 Å². The number of rotatable bonds is 2. The molecule has 0 unspecified atom stereocenters. The van der Waals surface area contributed by atoms with Gasteiger partial charge in [0, 0.05) is 15.1 Å². The lowest BCUT2D eigenvalue weighted by atomic mass is 10.2. The van der Waals surface area contributed by atoms with Gasteiger partial charge in [-0.3, -0.25) is 0 Å². The molecule has 1 aromatic carbocycles. The van der Waals surface area contributed by atoms with Crippen molar-refractivity contribution in [2.24, 2.45) is 0 Å². The molecular weight excluding hydrogens is 381 g/mol. The van der Waals surface area contributed by atoms with E-state index in [1.165, 1.54) is 0 Å². The summed E-state index contributed by atoms with van der Waals surface area (Å²) in [7, 11) is 0. The van der Waals surface area contributed by atoms with E-state index in [9.17, 15) is 0 Å². The number of aromatic nitrogens is 1. The summed E-state index contributed by atoms with van der Waals surface area (Å²) in [6.45, 7) is 0. The van der Waals surface area contributed by atoms with Gasteiger partial charge in [-0.15, -0.1) is 0 Å². The van der Waals surface area contributed by atoms with E-state index in [2.05, 4.69) is 48.2 Å². The highest BCUT2D eigenvalue weighted by molar-refractivity contribution is 9.10. The summed E-state index contributed by atoms with van der Waals surface area (Å²) in [5.74, 6) is 0.509. The third kappa shape index (κ3) is 3.02. The van der Waals surface area contributed by atoms with Crippen LogP contribution in [-0.4, -0.2) is 4.98 Å². The predicted molar refractivity (Wildman–Crippen MR) is 79.1 cm³/mol. The molecule has 1 aromatic heterocycles. The van der Waals surface area contributed by atoms with E-state index >= 15 is 0 Å². The van der Waals surface area contributed by atoms with Crippen molar-refractivity contribution in [3.05, 3.63) is 50.0 Å². The van der Waals surface area contributed by atoms with Gasteiger partial charge in [0.1, 0.15) is 11.9 Å². The Morgan fingerprint density at radius 3 is 2.67 bits per heavy atom. The molecule has 6 heteroatoms. The van der Waals surface area contributed by atoms with Crippen LogP contribution in [-0.2, 0) is 0 Å².